The zero-order valence-corrected chi connectivity index (χ0v) is 13.1. The lowest BCUT2D eigenvalue weighted by atomic mass is 9.93. The van der Waals surface area contributed by atoms with Crippen LogP contribution in [0.1, 0.15) is 24.4 Å². The number of carbonyl (C=O) groups excluding carboxylic acids is 2. The summed E-state index contributed by atoms with van der Waals surface area (Å²) in [6, 6.07) is 9.00. The van der Waals surface area contributed by atoms with Crippen molar-refractivity contribution in [1.29, 1.82) is 10.5 Å². The van der Waals surface area contributed by atoms with Gasteiger partial charge in [0.1, 0.15) is 6.04 Å². The number of rotatable bonds is 3. The molecule has 0 bridgehead atoms. The summed E-state index contributed by atoms with van der Waals surface area (Å²) < 4.78 is -1.71. The van der Waals surface area contributed by atoms with Crippen molar-refractivity contribution < 1.29 is 9.59 Å². The van der Waals surface area contributed by atoms with Crippen LogP contribution in [-0.4, -0.2) is 21.0 Å². The quantitative estimate of drug-likeness (QED) is 0.608. The standard InChI is InChI=1S/C14H9BrClN3O2/c15-14(7-17,8-18)13(9-1-3-10(16)4-2-9)19-11(20)5-6-12(19)21/h1-4,13H,5-6H2/t13-/m0/s1. The van der Waals surface area contributed by atoms with Gasteiger partial charge in [0.2, 0.25) is 16.1 Å². The van der Waals surface area contributed by atoms with Crippen molar-refractivity contribution in [3.05, 3.63) is 34.9 Å². The van der Waals surface area contributed by atoms with Crippen LogP contribution in [-0.2, 0) is 9.59 Å². The zero-order chi connectivity index (χ0) is 15.6. The van der Waals surface area contributed by atoms with Crippen LogP contribution >= 0.6 is 27.5 Å². The molecule has 1 aliphatic rings. The molecule has 2 amide bonds. The number of imide groups is 1. The Bertz CT molecular complexity index is 645. The minimum Gasteiger partial charge on any atom is -0.274 e. The molecule has 1 atom stereocenters. The highest BCUT2D eigenvalue weighted by molar-refractivity contribution is 9.10. The highest BCUT2D eigenvalue weighted by atomic mass is 79.9. The van der Waals surface area contributed by atoms with E-state index in [0.717, 1.165) is 4.90 Å². The average Bonchev–Trinajstić information content (AvgIpc) is 2.81. The van der Waals surface area contributed by atoms with E-state index in [1.54, 1.807) is 24.3 Å². The van der Waals surface area contributed by atoms with Crippen LogP contribution in [0.4, 0.5) is 0 Å². The highest BCUT2D eigenvalue weighted by Gasteiger charge is 2.48. The molecule has 0 unspecified atom stereocenters. The average molecular weight is 367 g/mol. The Balaban J connectivity index is 2.58. The van der Waals surface area contributed by atoms with Crippen LogP contribution in [0.25, 0.3) is 0 Å². The molecule has 0 spiro atoms. The minimum atomic E-state index is -1.71. The normalized spacial score (nSPS) is 16.5. The van der Waals surface area contributed by atoms with Crippen molar-refractivity contribution in [2.45, 2.75) is 23.2 Å². The fraction of sp³-hybridized carbons (Fsp3) is 0.286. The molecule has 0 radical (unpaired) electrons. The molecule has 106 valence electrons. The van der Waals surface area contributed by atoms with Gasteiger partial charge in [0.25, 0.3) is 0 Å². The van der Waals surface area contributed by atoms with Gasteiger partial charge in [-0.3, -0.25) is 14.5 Å². The van der Waals surface area contributed by atoms with Gasteiger partial charge in [0.15, 0.2) is 0 Å². The molecule has 1 aliphatic heterocycles. The molecule has 0 aliphatic carbocycles. The summed E-state index contributed by atoms with van der Waals surface area (Å²) in [5.74, 6) is -0.788. The van der Waals surface area contributed by atoms with E-state index >= 15 is 0 Å². The molecule has 5 nitrogen and oxygen atoms in total. The van der Waals surface area contributed by atoms with Gasteiger partial charge < -0.3 is 0 Å². The van der Waals surface area contributed by atoms with Crippen molar-refractivity contribution in [3.63, 3.8) is 0 Å². The Morgan fingerprint density at radius 1 is 1.14 bits per heavy atom. The summed E-state index contributed by atoms with van der Waals surface area (Å²) in [5, 5.41) is 19.1. The SMILES string of the molecule is N#CC(Br)(C#N)[C@H](c1ccc(Cl)cc1)N1C(=O)CCC1=O. The highest BCUT2D eigenvalue weighted by Crippen LogP contribution is 2.40. The summed E-state index contributed by atoms with van der Waals surface area (Å²) in [7, 11) is 0. The summed E-state index contributed by atoms with van der Waals surface area (Å²) in [4.78, 5) is 25.0. The molecule has 0 N–H and O–H groups in total. The molecule has 7 heteroatoms. The van der Waals surface area contributed by atoms with Crippen LogP contribution < -0.4 is 0 Å². The Morgan fingerprint density at radius 2 is 1.62 bits per heavy atom. The summed E-state index contributed by atoms with van der Waals surface area (Å²) in [6.45, 7) is 0. The van der Waals surface area contributed by atoms with E-state index < -0.39 is 22.2 Å². The van der Waals surface area contributed by atoms with E-state index in [1.165, 1.54) is 0 Å². The van der Waals surface area contributed by atoms with Gasteiger partial charge in [-0.15, -0.1) is 0 Å². The molecule has 1 fully saturated rings. The van der Waals surface area contributed by atoms with Crippen molar-refractivity contribution in [2.75, 3.05) is 0 Å². The molecule has 2 rings (SSSR count). The van der Waals surface area contributed by atoms with E-state index in [-0.39, 0.29) is 12.8 Å². The van der Waals surface area contributed by atoms with Gasteiger partial charge in [-0.2, -0.15) is 10.5 Å². The number of amides is 2. The first-order chi connectivity index (χ1) is 9.92. The van der Waals surface area contributed by atoms with Gasteiger partial charge in [-0.25, -0.2) is 0 Å². The van der Waals surface area contributed by atoms with Crippen LogP contribution in [0.2, 0.25) is 5.02 Å². The van der Waals surface area contributed by atoms with E-state index in [2.05, 4.69) is 15.9 Å². The first-order valence-electron chi connectivity index (χ1n) is 6.04. The predicted octanol–water partition coefficient (Wildman–Crippen LogP) is 2.71. The Kier molecular flexibility index (Phi) is 4.32. The molecule has 1 aromatic rings. The van der Waals surface area contributed by atoms with E-state index in [4.69, 9.17) is 11.6 Å². The number of carbonyl (C=O) groups is 2. The molecule has 0 aromatic heterocycles. The molecule has 1 heterocycles. The fourth-order valence-corrected chi connectivity index (χ4v) is 2.83. The number of alkyl halides is 1. The molecule has 1 aromatic carbocycles. The lowest BCUT2D eigenvalue weighted by Gasteiger charge is -2.31. The van der Waals surface area contributed by atoms with Crippen LogP contribution in [0.5, 0.6) is 0 Å². The minimum absolute atomic E-state index is 0.0862. The second-order valence-corrected chi connectivity index (χ2v) is 6.23. The number of benzene rings is 1. The van der Waals surface area contributed by atoms with Gasteiger partial charge in [0.05, 0.1) is 12.1 Å². The monoisotopic (exact) mass is 365 g/mol. The number of nitrogens with zero attached hydrogens (tertiary/aromatic N) is 3. The second-order valence-electron chi connectivity index (χ2n) is 4.55. The summed E-state index contributed by atoms with van der Waals surface area (Å²) in [6.07, 6.45) is 0.172. The fourth-order valence-electron chi connectivity index (χ4n) is 2.23. The predicted molar refractivity (Wildman–Crippen MR) is 78.2 cm³/mol. The number of hydrogen-bond donors (Lipinski definition) is 0. The number of hydrogen-bond acceptors (Lipinski definition) is 4. The van der Waals surface area contributed by atoms with Crippen molar-refractivity contribution in [2.24, 2.45) is 0 Å². The van der Waals surface area contributed by atoms with E-state index in [9.17, 15) is 20.1 Å². The van der Waals surface area contributed by atoms with E-state index in [1.807, 2.05) is 12.1 Å². The smallest absolute Gasteiger partial charge is 0.230 e. The first kappa shape index (κ1) is 15.5. The summed E-state index contributed by atoms with van der Waals surface area (Å²) in [5.41, 5.74) is 0.489. The van der Waals surface area contributed by atoms with Crippen LogP contribution in [0.15, 0.2) is 24.3 Å². The topological polar surface area (TPSA) is 85.0 Å². The lowest BCUT2D eigenvalue weighted by molar-refractivity contribution is -0.141. The third-order valence-corrected chi connectivity index (χ3v) is 4.28. The lowest BCUT2D eigenvalue weighted by Crippen LogP contribution is -2.43. The maximum Gasteiger partial charge on any atom is 0.230 e. The van der Waals surface area contributed by atoms with Gasteiger partial charge >= 0.3 is 0 Å². The second kappa shape index (κ2) is 5.85. The molecule has 21 heavy (non-hydrogen) atoms. The Hall–Kier alpha value is -1.89. The van der Waals surface area contributed by atoms with Gasteiger partial charge in [-0.1, -0.05) is 23.7 Å². The molecule has 0 saturated carbocycles. The third kappa shape index (κ3) is 2.78. The number of nitriles is 2. The zero-order valence-electron chi connectivity index (χ0n) is 10.7. The van der Waals surface area contributed by atoms with Crippen molar-refractivity contribution >= 4 is 39.3 Å². The maximum absolute atomic E-state index is 12.0. The number of likely N-dealkylation sites (tertiary alicyclic amines) is 1. The first-order valence-corrected chi connectivity index (χ1v) is 7.22. The van der Waals surface area contributed by atoms with Gasteiger partial charge in [-0.05, 0) is 33.6 Å². The van der Waals surface area contributed by atoms with Crippen LogP contribution in [0, 0.1) is 22.7 Å². The maximum atomic E-state index is 12.0. The Labute approximate surface area is 134 Å². The largest absolute Gasteiger partial charge is 0.274 e. The third-order valence-electron chi connectivity index (χ3n) is 3.24. The Morgan fingerprint density at radius 3 is 2.05 bits per heavy atom. The molecular formula is C14H9BrClN3O2. The van der Waals surface area contributed by atoms with Crippen molar-refractivity contribution in [3.8, 4) is 12.1 Å². The van der Waals surface area contributed by atoms with Crippen LogP contribution in [0.3, 0.4) is 0 Å². The van der Waals surface area contributed by atoms with E-state index in [0.29, 0.717) is 10.6 Å². The van der Waals surface area contributed by atoms with Gasteiger partial charge in [0, 0.05) is 17.9 Å². The van der Waals surface area contributed by atoms with Crippen molar-refractivity contribution in [1.82, 2.24) is 4.90 Å². The number of halogens is 2. The summed E-state index contributed by atoms with van der Waals surface area (Å²) >= 11 is 8.89. The molecular weight excluding hydrogens is 358 g/mol. The molecule has 1 saturated heterocycles.